The number of amides is 1. The third kappa shape index (κ3) is 3.85. The molecule has 1 aromatic heterocycles. The van der Waals surface area contributed by atoms with Crippen LogP contribution in [0.5, 0.6) is 11.5 Å². The maximum absolute atomic E-state index is 12.2. The van der Waals surface area contributed by atoms with Crippen molar-refractivity contribution in [1.29, 1.82) is 0 Å². The van der Waals surface area contributed by atoms with E-state index in [4.69, 9.17) is 9.47 Å². The Hall–Kier alpha value is -2.12. The molecule has 7 heteroatoms. The molecule has 1 atom stereocenters. The number of ether oxygens (including phenoxy) is 2. The van der Waals surface area contributed by atoms with Crippen molar-refractivity contribution >= 4 is 17.2 Å². The van der Waals surface area contributed by atoms with Gasteiger partial charge in [-0.25, -0.2) is 4.98 Å². The molecule has 1 aromatic carbocycles. The van der Waals surface area contributed by atoms with Crippen molar-refractivity contribution in [3.63, 3.8) is 0 Å². The Morgan fingerprint density at radius 1 is 1.33 bits per heavy atom. The summed E-state index contributed by atoms with van der Waals surface area (Å²) in [5, 5.41) is 8.72. The number of thiazole rings is 1. The van der Waals surface area contributed by atoms with Crippen LogP contribution in [-0.2, 0) is 0 Å². The van der Waals surface area contributed by atoms with Crippen molar-refractivity contribution in [2.45, 2.75) is 19.9 Å². The fourth-order valence-electron chi connectivity index (χ4n) is 2.44. The van der Waals surface area contributed by atoms with Gasteiger partial charge in [0.1, 0.15) is 23.9 Å². The minimum Gasteiger partial charge on any atom is -0.486 e. The van der Waals surface area contributed by atoms with Crippen LogP contribution in [0.2, 0.25) is 0 Å². The third-order valence-corrected chi connectivity index (χ3v) is 4.54. The molecular formula is C17H21N3O3S. The van der Waals surface area contributed by atoms with Gasteiger partial charge in [0.05, 0.1) is 0 Å². The first kappa shape index (κ1) is 16.7. The van der Waals surface area contributed by atoms with E-state index in [-0.39, 0.29) is 11.9 Å². The second-order valence-corrected chi connectivity index (χ2v) is 6.42. The van der Waals surface area contributed by atoms with Crippen LogP contribution < -0.4 is 20.1 Å². The molecule has 0 bridgehead atoms. The molecule has 128 valence electrons. The van der Waals surface area contributed by atoms with Gasteiger partial charge < -0.3 is 20.1 Å². The van der Waals surface area contributed by atoms with Crippen LogP contribution in [0, 0.1) is 0 Å². The van der Waals surface area contributed by atoms with Gasteiger partial charge in [-0.05, 0) is 31.7 Å². The average molecular weight is 347 g/mol. The van der Waals surface area contributed by atoms with E-state index < -0.39 is 0 Å². The lowest BCUT2D eigenvalue weighted by atomic mass is 10.2. The van der Waals surface area contributed by atoms with Gasteiger partial charge >= 0.3 is 0 Å². The number of aromatic nitrogens is 1. The summed E-state index contributed by atoms with van der Waals surface area (Å²) in [4.78, 5) is 16.6. The van der Waals surface area contributed by atoms with Crippen LogP contribution in [0.3, 0.4) is 0 Å². The predicted octanol–water partition coefficient (Wildman–Crippen LogP) is 2.31. The van der Waals surface area contributed by atoms with Crippen LogP contribution in [0.4, 0.5) is 0 Å². The van der Waals surface area contributed by atoms with E-state index in [9.17, 15) is 4.79 Å². The van der Waals surface area contributed by atoms with Gasteiger partial charge in [0.25, 0.3) is 5.91 Å². The molecule has 3 rings (SSSR count). The summed E-state index contributed by atoms with van der Waals surface area (Å²) in [6.45, 7) is 6.64. The molecule has 0 saturated heterocycles. The zero-order chi connectivity index (χ0) is 16.9. The number of carbonyl (C=O) groups is 1. The topological polar surface area (TPSA) is 72.5 Å². The van der Waals surface area contributed by atoms with E-state index in [2.05, 4.69) is 15.6 Å². The highest BCUT2D eigenvalue weighted by Crippen LogP contribution is 2.35. The van der Waals surface area contributed by atoms with E-state index in [0.717, 1.165) is 28.6 Å². The molecule has 6 nitrogen and oxygen atoms in total. The van der Waals surface area contributed by atoms with Crippen molar-refractivity contribution in [3.05, 3.63) is 29.3 Å². The molecule has 2 N–H and O–H groups in total. The number of fused-ring (bicyclic) bond motifs is 1. The summed E-state index contributed by atoms with van der Waals surface area (Å²) in [7, 11) is 0. The van der Waals surface area contributed by atoms with Crippen molar-refractivity contribution in [2.75, 3.05) is 26.3 Å². The molecule has 2 aromatic rings. The first-order valence-corrected chi connectivity index (χ1v) is 8.92. The Kier molecular flexibility index (Phi) is 5.32. The Morgan fingerprint density at radius 3 is 2.92 bits per heavy atom. The molecule has 0 fully saturated rings. The highest BCUT2D eigenvalue weighted by Gasteiger charge is 2.16. The van der Waals surface area contributed by atoms with Gasteiger partial charge in [-0.15, -0.1) is 11.3 Å². The number of likely N-dealkylation sites (N-methyl/N-ethyl adjacent to an activating group) is 1. The van der Waals surface area contributed by atoms with Crippen LogP contribution in [-0.4, -0.2) is 43.2 Å². The highest BCUT2D eigenvalue weighted by atomic mass is 32.1. The Bertz CT molecular complexity index is 717. The number of rotatable bonds is 6. The lowest BCUT2D eigenvalue weighted by Crippen LogP contribution is -2.38. The van der Waals surface area contributed by atoms with Gasteiger partial charge in [-0.2, -0.15) is 0 Å². The quantitative estimate of drug-likeness (QED) is 0.839. The summed E-state index contributed by atoms with van der Waals surface area (Å²) in [5.74, 6) is 1.32. The molecule has 0 aliphatic carbocycles. The van der Waals surface area contributed by atoms with Gasteiger partial charge in [-0.3, -0.25) is 4.79 Å². The summed E-state index contributed by atoms with van der Waals surface area (Å²) >= 11 is 1.44. The highest BCUT2D eigenvalue weighted by molar-refractivity contribution is 7.13. The fourth-order valence-corrected chi connectivity index (χ4v) is 3.24. The molecule has 1 amide bonds. The van der Waals surface area contributed by atoms with Crippen LogP contribution in [0.25, 0.3) is 10.6 Å². The van der Waals surface area contributed by atoms with Crippen LogP contribution in [0.15, 0.2) is 23.6 Å². The molecule has 0 unspecified atom stereocenters. The second-order valence-electron chi connectivity index (χ2n) is 5.57. The molecular weight excluding hydrogens is 326 g/mol. The van der Waals surface area contributed by atoms with E-state index in [1.807, 2.05) is 32.0 Å². The Balaban J connectivity index is 1.68. The van der Waals surface area contributed by atoms with Gasteiger partial charge in [-0.1, -0.05) is 6.92 Å². The van der Waals surface area contributed by atoms with Crippen molar-refractivity contribution in [1.82, 2.24) is 15.6 Å². The van der Waals surface area contributed by atoms with Crippen molar-refractivity contribution < 1.29 is 14.3 Å². The largest absolute Gasteiger partial charge is 0.486 e. The summed E-state index contributed by atoms with van der Waals surface area (Å²) in [6.07, 6.45) is 0. The molecule has 1 aliphatic rings. The van der Waals surface area contributed by atoms with Crippen molar-refractivity contribution in [3.8, 4) is 22.1 Å². The maximum atomic E-state index is 12.2. The Morgan fingerprint density at radius 2 is 2.12 bits per heavy atom. The number of benzene rings is 1. The minimum atomic E-state index is -0.153. The molecule has 24 heavy (non-hydrogen) atoms. The number of nitrogens with zero attached hydrogens (tertiary/aromatic N) is 1. The van der Waals surface area contributed by atoms with Crippen molar-refractivity contribution in [2.24, 2.45) is 0 Å². The standard InChI is InChI=1S/C17H21N3O3S/c1-3-18-11(2)9-19-16(21)13-10-24-17(20-13)12-4-5-14-15(8-12)23-7-6-22-14/h4-5,8,10-11,18H,3,6-7,9H2,1-2H3,(H,19,21)/t11-/m1/s1. The first-order valence-electron chi connectivity index (χ1n) is 8.04. The predicted molar refractivity (Wildman–Crippen MR) is 94.0 cm³/mol. The summed E-state index contributed by atoms with van der Waals surface area (Å²) < 4.78 is 11.1. The molecule has 0 saturated carbocycles. The second kappa shape index (κ2) is 7.63. The van der Waals surface area contributed by atoms with E-state index in [0.29, 0.717) is 25.5 Å². The third-order valence-electron chi connectivity index (χ3n) is 3.65. The molecule has 2 heterocycles. The Labute approximate surface area is 145 Å². The molecule has 0 radical (unpaired) electrons. The number of hydrogen-bond donors (Lipinski definition) is 2. The first-order chi connectivity index (χ1) is 11.7. The zero-order valence-electron chi connectivity index (χ0n) is 13.8. The SMILES string of the molecule is CCN[C@H](C)CNC(=O)c1csc(-c2ccc3c(c2)OCCO3)n1. The normalized spacial score (nSPS) is 14.2. The number of hydrogen-bond acceptors (Lipinski definition) is 6. The molecule has 1 aliphatic heterocycles. The van der Waals surface area contributed by atoms with Crippen LogP contribution in [0.1, 0.15) is 24.3 Å². The summed E-state index contributed by atoms with van der Waals surface area (Å²) in [6, 6.07) is 5.95. The minimum absolute atomic E-state index is 0.153. The van der Waals surface area contributed by atoms with Gasteiger partial charge in [0.15, 0.2) is 11.5 Å². The van der Waals surface area contributed by atoms with Gasteiger partial charge in [0.2, 0.25) is 0 Å². The van der Waals surface area contributed by atoms with E-state index in [1.54, 1.807) is 5.38 Å². The smallest absolute Gasteiger partial charge is 0.270 e. The number of carbonyl (C=O) groups excluding carboxylic acids is 1. The average Bonchev–Trinajstić information content (AvgIpc) is 3.10. The molecule has 0 spiro atoms. The lowest BCUT2D eigenvalue weighted by Gasteiger charge is -2.18. The zero-order valence-corrected chi connectivity index (χ0v) is 14.6. The van der Waals surface area contributed by atoms with E-state index >= 15 is 0 Å². The monoisotopic (exact) mass is 347 g/mol. The van der Waals surface area contributed by atoms with E-state index in [1.165, 1.54) is 11.3 Å². The fraction of sp³-hybridized carbons (Fsp3) is 0.412. The number of nitrogens with one attached hydrogen (secondary N) is 2. The maximum Gasteiger partial charge on any atom is 0.270 e. The summed E-state index contributed by atoms with van der Waals surface area (Å²) in [5.41, 5.74) is 1.36. The van der Waals surface area contributed by atoms with Crippen LogP contribution >= 0.6 is 11.3 Å². The van der Waals surface area contributed by atoms with Gasteiger partial charge in [0, 0.05) is 23.5 Å². The lowest BCUT2D eigenvalue weighted by molar-refractivity contribution is 0.0946.